The van der Waals surface area contributed by atoms with E-state index >= 15 is 0 Å². The van der Waals surface area contributed by atoms with E-state index < -0.39 is 33.3 Å². The number of anilines is 1. The normalized spacial score (nSPS) is 19.9. The molecule has 4 rings (SSSR count). The number of carboxylic acid groups (broad SMARTS) is 1. The van der Waals surface area contributed by atoms with Gasteiger partial charge < -0.3 is 19.5 Å². The molecule has 2 heterocycles. The summed E-state index contributed by atoms with van der Waals surface area (Å²) in [6.45, 7) is -0.0204. The minimum absolute atomic E-state index is 0.0581. The summed E-state index contributed by atoms with van der Waals surface area (Å²) >= 11 is 0. The number of fused-ring (bicyclic) bond motifs is 1. The summed E-state index contributed by atoms with van der Waals surface area (Å²) < 4.78 is 38.2. The second-order valence-electron chi connectivity index (χ2n) is 8.14. The number of ether oxygens (including phenoxy) is 2. The lowest BCUT2D eigenvalue weighted by molar-refractivity contribution is -0.141. The summed E-state index contributed by atoms with van der Waals surface area (Å²) in [5.74, 6) is -1.76. The van der Waals surface area contributed by atoms with Crippen molar-refractivity contribution in [2.75, 3.05) is 23.9 Å². The third-order valence-corrected chi connectivity index (χ3v) is 7.25. The van der Waals surface area contributed by atoms with E-state index in [4.69, 9.17) is 14.6 Å². The summed E-state index contributed by atoms with van der Waals surface area (Å²) in [6.07, 6.45) is -0.446. The molecule has 0 bridgehead atoms. The van der Waals surface area contributed by atoms with Crippen molar-refractivity contribution >= 4 is 32.9 Å². The lowest BCUT2D eigenvalue weighted by atomic mass is 10.1. The molecular weight excluding hydrogens is 464 g/mol. The van der Waals surface area contributed by atoms with Crippen LogP contribution in [0.1, 0.15) is 18.4 Å². The van der Waals surface area contributed by atoms with E-state index in [2.05, 4.69) is 0 Å². The van der Waals surface area contributed by atoms with Crippen LogP contribution in [0, 0.1) is 5.92 Å². The number of carboxylic acids is 1. The molecule has 2 aliphatic heterocycles. The van der Waals surface area contributed by atoms with Gasteiger partial charge in [-0.2, -0.15) is 8.42 Å². The Morgan fingerprint density at radius 1 is 1.06 bits per heavy atom. The zero-order chi connectivity index (χ0) is 24.3. The van der Waals surface area contributed by atoms with Crippen LogP contribution in [0.5, 0.6) is 5.75 Å². The van der Waals surface area contributed by atoms with Crippen molar-refractivity contribution in [1.29, 1.82) is 0 Å². The first-order valence-corrected chi connectivity index (χ1v) is 12.2. The van der Waals surface area contributed by atoms with Gasteiger partial charge in [0.05, 0.1) is 18.2 Å². The maximum atomic E-state index is 13.1. The molecule has 1 fully saturated rings. The number of aliphatic carboxylic acids is 1. The highest BCUT2D eigenvalue weighted by molar-refractivity contribution is 8.06. The number of para-hydroxylation sites is 2. The predicted molar refractivity (Wildman–Crippen MR) is 121 cm³/mol. The maximum Gasteiger partial charge on any atom is 0.445 e. The van der Waals surface area contributed by atoms with Crippen molar-refractivity contribution in [3.05, 3.63) is 60.2 Å². The van der Waals surface area contributed by atoms with Crippen LogP contribution >= 0.6 is 0 Å². The number of benzene rings is 2. The molecule has 2 aromatic rings. The molecule has 1 amide bonds. The highest BCUT2D eigenvalue weighted by atomic mass is 32.2. The Labute approximate surface area is 196 Å². The predicted octanol–water partition coefficient (Wildman–Crippen LogP) is 2.24. The van der Waals surface area contributed by atoms with Crippen molar-refractivity contribution in [3.8, 4) is 5.75 Å². The van der Waals surface area contributed by atoms with E-state index in [1.165, 1.54) is 11.0 Å². The number of sulfonamides is 1. The number of hydrogen-bond acceptors (Lipinski definition) is 7. The summed E-state index contributed by atoms with van der Waals surface area (Å²) in [6, 6.07) is 15.2. The zero-order valence-corrected chi connectivity index (χ0v) is 19.0. The second-order valence-corrected chi connectivity index (χ2v) is 9.86. The molecule has 11 heteroatoms. The van der Waals surface area contributed by atoms with Crippen LogP contribution in [0.2, 0.25) is 0 Å². The number of amides is 1. The molecule has 180 valence electrons. The molecule has 0 aliphatic carbocycles. The van der Waals surface area contributed by atoms with Gasteiger partial charge in [-0.15, -0.1) is 0 Å². The number of carbonyl (C=O) groups is 3. The summed E-state index contributed by atoms with van der Waals surface area (Å²) in [4.78, 5) is 37.3. The van der Waals surface area contributed by atoms with Crippen LogP contribution in [-0.4, -0.2) is 61.3 Å². The van der Waals surface area contributed by atoms with Crippen LogP contribution < -0.4 is 9.04 Å². The highest BCUT2D eigenvalue weighted by Crippen LogP contribution is 2.36. The van der Waals surface area contributed by atoms with Crippen LogP contribution in [0.15, 0.2) is 54.6 Å². The molecule has 2 unspecified atom stereocenters. The van der Waals surface area contributed by atoms with E-state index in [0.29, 0.717) is 5.56 Å². The average molecular weight is 489 g/mol. The standard InChI is InChI=1S/C23H24N2O8S/c26-21-12-17(22(27)28)13-24(21)11-10-18-14-25(19-8-4-5-9-20(19)33-18)34(30,31)23(29)32-15-16-6-2-1-3-7-16/h1-9,17-18H,10-15H2,(H,27,28). The van der Waals surface area contributed by atoms with Gasteiger partial charge in [0.25, 0.3) is 0 Å². The first kappa shape index (κ1) is 23.6. The summed E-state index contributed by atoms with van der Waals surface area (Å²) in [5, 5.41) is 7.78. The van der Waals surface area contributed by atoms with Gasteiger partial charge in [-0.3, -0.25) is 13.9 Å². The van der Waals surface area contributed by atoms with E-state index in [0.717, 1.165) is 4.31 Å². The first-order chi connectivity index (χ1) is 16.3. The smallest absolute Gasteiger partial charge is 0.445 e. The van der Waals surface area contributed by atoms with Gasteiger partial charge in [0.2, 0.25) is 5.91 Å². The van der Waals surface area contributed by atoms with E-state index in [1.54, 1.807) is 48.5 Å². The minimum Gasteiger partial charge on any atom is -0.486 e. The Morgan fingerprint density at radius 3 is 2.47 bits per heavy atom. The summed E-state index contributed by atoms with van der Waals surface area (Å²) in [5.41, 5.74) is 0.875. The molecule has 1 N–H and O–H groups in total. The largest absolute Gasteiger partial charge is 0.486 e. The molecule has 2 atom stereocenters. The van der Waals surface area contributed by atoms with Crippen LogP contribution in [0.3, 0.4) is 0 Å². The lowest BCUT2D eigenvalue weighted by Gasteiger charge is -2.35. The van der Waals surface area contributed by atoms with Crippen molar-refractivity contribution in [2.24, 2.45) is 5.92 Å². The Morgan fingerprint density at radius 2 is 1.76 bits per heavy atom. The number of hydrogen-bond donors (Lipinski definition) is 1. The SMILES string of the molecule is O=C(O)C1CC(=O)N(CCC2CN(S(=O)(=O)C(=O)OCc3ccccc3)c3ccccc3O2)C1. The lowest BCUT2D eigenvalue weighted by Crippen LogP contribution is -2.47. The number of nitrogens with zero attached hydrogens (tertiary/aromatic N) is 2. The monoisotopic (exact) mass is 488 g/mol. The second kappa shape index (κ2) is 9.72. The molecule has 2 aliphatic rings. The average Bonchev–Trinajstić information content (AvgIpc) is 3.22. The third-order valence-electron chi connectivity index (χ3n) is 5.78. The third kappa shape index (κ3) is 4.98. The van der Waals surface area contributed by atoms with Gasteiger partial charge in [-0.05, 0) is 17.7 Å². The van der Waals surface area contributed by atoms with Crippen LogP contribution in [0.25, 0.3) is 0 Å². The number of carbonyl (C=O) groups excluding carboxylic acids is 2. The van der Waals surface area contributed by atoms with Gasteiger partial charge in [-0.1, -0.05) is 42.5 Å². The molecule has 10 nitrogen and oxygen atoms in total. The minimum atomic E-state index is -4.51. The fourth-order valence-electron chi connectivity index (χ4n) is 3.98. The van der Waals surface area contributed by atoms with Gasteiger partial charge >= 0.3 is 21.3 Å². The van der Waals surface area contributed by atoms with Crippen LogP contribution in [-0.2, 0) is 31.0 Å². The maximum absolute atomic E-state index is 13.1. The molecule has 0 radical (unpaired) electrons. The first-order valence-electron chi connectivity index (χ1n) is 10.8. The number of likely N-dealkylation sites (tertiary alicyclic amines) is 1. The van der Waals surface area contributed by atoms with Gasteiger partial charge in [-0.25, -0.2) is 4.79 Å². The van der Waals surface area contributed by atoms with Crippen LogP contribution in [0.4, 0.5) is 10.5 Å². The van der Waals surface area contributed by atoms with Crippen molar-refractivity contribution in [2.45, 2.75) is 25.6 Å². The van der Waals surface area contributed by atoms with Gasteiger partial charge in [0.15, 0.2) is 0 Å². The topological polar surface area (TPSA) is 131 Å². The van der Waals surface area contributed by atoms with Crippen molar-refractivity contribution in [1.82, 2.24) is 4.90 Å². The molecule has 0 saturated carbocycles. The molecule has 2 aromatic carbocycles. The van der Waals surface area contributed by atoms with Gasteiger partial charge in [0.1, 0.15) is 18.5 Å². The van der Waals surface area contributed by atoms with Gasteiger partial charge in [0, 0.05) is 25.9 Å². The van der Waals surface area contributed by atoms with E-state index in [-0.39, 0.29) is 56.4 Å². The molecule has 1 saturated heterocycles. The highest BCUT2D eigenvalue weighted by Gasteiger charge is 2.40. The Hall–Kier alpha value is -3.60. The quantitative estimate of drug-likeness (QED) is 0.587. The molecule has 0 spiro atoms. The Kier molecular flexibility index (Phi) is 6.73. The summed E-state index contributed by atoms with van der Waals surface area (Å²) in [7, 11) is -4.51. The molecule has 34 heavy (non-hydrogen) atoms. The fourth-order valence-corrected chi connectivity index (χ4v) is 5.14. The van der Waals surface area contributed by atoms with Crippen molar-refractivity contribution in [3.63, 3.8) is 0 Å². The Balaban J connectivity index is 1.46. The molecular formula is C23H24N2O8S. The Bertz CT molecular complexity index is 1180. The zero-order valence-electron chi connectivity index (χ0n) is 18.2. The molecule has 0 aromatic heterocycles. The number of rotatable bonds is 7. The van der Waals surface area contributed by atoms with E-state index in [9.17, 15) is 22.8 Å². The fraction of sp³-hybridized carbons (Fsp3) is 0.348. The van der Waals surface area contributed by atoms with E-state index in [1.807, 2.05) is 0 Å². The van der Waals surface area contributed by atoms with Crippen molar-refractivity contribution < 1.29 is 37.4 Å².